The smallest absolute Gasteiger partial charge is 0.155 e. The predicted molar refractivity (Wildman–Crippen MR) is 76.6 cm³/mol. The minimum Gasteiger partial charge on any atom is -0.304 e. The first kappa shape index (κ1) is 13.0. The van der Waals surface area contributed by atoms with Crippen LogP contribution in [0.15, 0.2) is 23.2 Å². The summed E-state index contributed by atoms with van der Waals surface area (Å²) >= 11 is 3.39. The van der Waals surface area contributed by atoms with Gasteiger partial charge in [-0.05, 0) is 23.0 Å². The lowest BCUT2D eigenvalue weighted by molar-refractivity contribution is 0.101. The zero-order valence-electron chi connectivity index (χ0n) is 10.9. The van der Waals surface area contributed by atoms with Crippen molar-refractivity contribution in [3.05, 3.63) is 28.9 Å². The van der Waals surface area contributed by atoms with E-state index in [2.05, 4.69) is 52.7 Å². The number of fused-ring (bicyclic) bond motifs is 1. The molecule has 0 radical (unpaired) electrons. The lowest BCUT2D eigenvalue weighted by atomic mass is 10.4. The Balaban J connectivity index is 1.67. The first-order valence-electron chi connectivity index (χ1n) is 6.37. The fraction of sp³-hybridized carbons (Fsp3) is 0.500. The summed E-state index contributed by atoms with van der Waals surface area (Å²) in [5.41, 5.74) is 5.48. The fourth-order valence-electron chi connectivity index (χ4n) is 2.20. The molecular formula is C12H17BrN6. The summed E-state index contributed by atoms with van der Waals surface area (Å²) in [6.07, 6.45) is 5.61. The molecule has 0 bridgehead atoms. The molecule has 1 fully saturated rings. The highest BCUT2D eigenvalue weighted by Crippen LogP contribution is 2.10. The highest BCUT2D eigenvalue weighted by Gasteiger charge is 2.13. The van der Waals surface area contributed by atoms with Crippen molar-refractivity contribution in [3.63, 3.8) is 0 Å². The second-order valence-corrected chi connectivity index (χ2v) is 5.63. The molecule has 0 unspecified atom stereocenters. The lowest BCUT2D eigenvalue weighted by Gasteiger charge is -2.32. The second-order valence-electron chi connectivity index (χ2n) is 4.81. The third-order valence-corrected chi connectivity index (χ3v) is 3.84. The summed E-state index contributed by atoms with van der Waals surface area (Å²) in [6, 6.07) is 0. The average Bonchev–Trinajstić information content (AvgIpc) is 2.80. The number of hydrogen-bond acceptors (Lipinski definition) is 5. The van der Waals surface area contributed by atoms with Crippen LogP contribution in [0.4, 0.5) is 0 Å². The molecule has 0 amide bonds. The highest BCUT2D eigenvalue weighted by atomic mass is 79.9. The maximum atomic E-state index is 4.35. The van der Waals surface area contributed by atoms with Crippen LogP contribution in [0.5, 0.6) is 0 Å². The number of aromatic nitrogens is 3. The number of hydrazine groups is 1. The third-order valence-electron chi connectivity index (χ3n) is 3.43. The van der Waals surface area contributed by atoms with Crippen LogP contribution in [0.2, 0.25) is 0 Å². The summed E-state index contributed by atoms with van der Waals surface area (Å²) in [6.45, 7) is 5.10. The van der Waals surface area contributed by atoms with Crippen molar-refractivity contribution < 1.29 is 0 Å². The maximum Gasteiger partial charge on any atom is 0.155 e. The van der Waals surface area contributed by atoms with Gasteiger partial charge in [0, 0.05) is 32.4 Å². The molecule has 2 aromatic heterocycles. The molecule has 0 spiro atoms. The minimum absolute atomic E-state index is 0.779. The van der Waals surface area contributed by atoms with Gasteiger partial charge in [0.1, 0.15) is 4.60 Å². The number of nitrogens with zero attached hydrogens (tertiary/aromatic N) is 5. The number of imidazole rings is 1. The van der Waals surface area contributed by atoms with E-state index in [9.17, 15) is 0 Å². The van der Waals surface area contributed by atoms with Crippen LogP contribution < -0.4 is 5.43 Å². The second kappa shape index (κ2) is 5.54. The van der Waals surface area contributed by atoms with Crippen LogP contribution in [0.1, 0.15) is 5.69 Å². The van der Waals surface area contributed by atoms with Gasteiger partial charge in [-0.2, -0.15) is 0 Å². The number of rotatable bonds is 3. The molecule has 102 valence electrons. The Labute approximate surface area is 120 Å². The zero-order valence-corrected chi connectivity index (χ0v) is 12.5. The summed E-state index contributed by atoms with van der Waals surface area (Å²) < 4.78 is 2.87. The molecular weight excluding hydrogens is 308 g/mol. The summed E-state index contributed by atoms with van der Waals surface area (Å²) in [7, 11) is 2.16. The van der Waals surface area contributed by atoms with Crippen LogP contribution >= 0.6 is 15.9 Å². The van der Waals surface area contributed by atoms with Crippen molar-refractivity contribution >= 4 is 21.6 Å². The van der Waals surface area contributed by atoms with Crippen molar-refractivity contribution in [1.29, 1.82) is 0 Å². The minimum atomic E-state index is 0.779. The SMILES string of the molecule is CN1CCN(NCc2cnc3cnc(Br)cn23)CC1. The van der Waals surface area contributed by atoms with Gasteiger partial charge in [-0.3, -0.25) is 4.40 Å². The maximum absolute atomic E-state index is 4.35. The van der Waals surface area contributed by atoms with E-state index in [1.807, 2.05) is 12.4 Å². The van der Waals surface area contributed by atoms with Crippen LogP contribution in [-0.4, -0.2) is 57.5 Å². The van der Waals surface area contributed by atoms with Gasteiger partial charge in [-0.15, -0.1) is 0 Å². The Bertz CT molecular complexity index is 560. The standard InChI is InChI=1S/C12H17BrN6/c1-17-2-4-18(5-3-17)16-7-10-6-15-12-8-14-11(13)9-19(10)12/h6,8-9,16H,2-5,7H2,1H3. The molecule has 2 aromatic rings. The Morgan fingerprint density at radius 1 is 1.21 bits per heavy atom. The Morgan fingerprint density at radius 2 is 2.00 bits per heavy atom. The molecule has 0 aliphatic carbocycles. The number of likely N-dealkylation sites (N-methyl/N-ethyl adjacent to an activating group) is 1. The van der Waals surface area contributed by atoms with Crippen LogP contribution in [0.3, 0.4) is 0 Å². The molecule has 1 aliphatic heterocycles. The van der Waals surface area contributed by atoms with Crippen LogP contribution in [0.25, 0.3) is 5.65 Å². The van der Waals surface area contributed by atoms with E-state index in [0.29, 0.717) is 0 Å². The summed E-state index contributed by atoms with van der Waals surface area (Å²) in [5, 5.41) is 2.27. The molecule has 3 heterocycles. The third kappa shape index (κ3) is 2.94. The lowest BCUT2D eigenvalue weighted by Crippen LogP contribution is -2.50. The molecule has 1 aliphatic rings. The van der Waals surface area contributed by atoms with Gasteiger partial charge >= 0.3 is 0 Å². The fourth-order valence-corrected chi connectivity index (χ4v) is 2.51. The molecule has 1 saturated heterocycles. The van der Waals surface area contributed by atoms with Gasteiger partial charge in [-0.25, -0.2) is 20.4 Å². The predicted octanol–water partition coefficient (Wildman–Crippen LogP) is 0.744. The largest absolute Gasteiger partial charge is 0.304 e. The van der Waals surface area contributed by atoms with E-state index in [0.717, 1.165) is 48.7 Å². The van der Waals surface area contributed by atoms with Crippen LogP contribution in [0, 0.1) is 0 Å². The van der Waals surface area contributed by atoms with E-state index in [-0.39, 0.29) is 0 Å². The van der Waals surface area contributed by atoms with E-state index in [4.69, 9.17) is 0 Å². The van der Waals surface area contributed by atoms with E-state index >= 15 is 0 Å². The van der Waals surface area contributed by atoms with Gasteiger partial charge in [-0.1, -0.05) is 0 Å². The van der Waals surface area contributed by atoms with E-state index in [1.165, 1.54) is 0 Å². The van der Waals surface area contributed by atoms with Gasteiger partial charge in [0.25, 0.3) is 0 Å². The van der Waals surface area contributed by atoms with E-state index in [1.54, 1.807) is 6.20 Å². The highest BCUT2D eigenvalue weighted by molar-refractivity contribution is 9.10. The van der Waals surface area contributed by atoms with Gasteiger partial charge in [0.2, 0.25) is 0 Å². The Hall–Kier alpha value is -1.02. The normalized spacial score (nSPS) is 18.2. The summed E-state index contributed by atoms with van der Waals surface area (Å²) in [5.74, 6) is 0. The molecule has 0 atom stereocenters. The average molecular weight is 325 g/mol. The van der Waals surface area contributed by atoms with Crippen LogP contribution in [-0.2, 0) is 6.54 Å². The quantitative estimate of drug-likeness (QED) is 0.902. The zero-order chi connectivity index (χ0) is 13.2. The first-order valence-corrected chi connectivity index (χ1v) is 7.16. The number of piperazine rings is 1. The topological polar surface area (TPSA) is 48.7 Å². The van der Waals surface area contributed by atoms with Crippen molar-refractivity contribution in [2.24, 2.45) is 0 Å². The van der Waals surface area contributed by atoms with Gasteiger partial charge in [0.05, 0.1) is 24.6 Å². The molecule has 7 heteroatoms. The first-order chi connectivity index (χ1) is 9.22. The van der Waals surface area contributed by atoms with Crippen molar-refractivity contribution in [1.82, 2.24) is 29.7 Å². The molecule has 3 rings (SSSR count). The Kier molecular flexibility index (Phi) is 3.79. The van der Waals surface area contributed by atoms with E-state index < -0.39 is 0 Å². The number of halogens is 1. The number of hydrogen-bond donors (Lipinski definition) is 1. The van der Waals surface area contributed by atoms with Crippen molar-refractivity contribution in [2.75, 3.05) is 33.2 Å². The Morgan fingerprint density at radius 3 is 2.79 bits per heavy atom. The molecule has 6 nitrogen and oxygen atoms in total. The van der Waals surface area contributed by atoms with Crippen molar-refractivity contribution in [2.45, 2.75) is 6.54 Å². The van der Waals surface area contributed by atoms with Gasteiger partial charge in [0.15, 0.2) is 5.65 Å². The molecule has 1 N–H and O–H groups in total. The van der Waals surface area contributed by atoms with Crippen molar-refractivity contribution in [3.8, 4) is 0 Å². The molecule has 0 aromatic carbocycles. The van der Waals surface area contributed by atoms with Gasteiger partial charge < -0.3 is 4.90 Å². The monoisotopic (exact) mass is 324 g/mol. The molecule has 0 saturated carbocycles. The number of nitrogens with one attached hydrogen (secondary N) is 1. The molecule has 19 heavy (non-hydrogen) atoms. The summed E-state index contributed by atoms with van der Waals surface area (Å²) in [4.78, 5) is 10.9.